The number of carbonyl (C=O) groups is 1. The van der Waals surface area contributed by atoms with Crippen LogP contribution in [0, 0.1) is 0 Å². The summed E-state index contributed by atoms with van der Waals surface area (Å²) in [5.41, 5.74) is 1.04. The SMILES string of the molecule is CNC(=O)c1ccccc1N=C=S. The highest BCUT2D eigenvalue weighted by atomic mass is 32.1. The fourth-order valence-corrected chi connectivity index (χ4v) is 1.05. The Labute approximate surface area is 81.5 Å². The molecule has 0 aliphatic carbocycles. The maximum Gasteiger partial charge on any atom is 0.253 e. The van der Waals surface area contributed by atoms with Gasteiger partial charge in [-0.15, -0.1) is 0 Å². The van der Waals surface area contributed by atoms with Crippen LogP contribution in [0.25, 0.3) is 0 Å². The highest BCUT2D eigenvalue weighted by Crippen LogP contribution is 2.17. The first-order valence-corrected chi connectivity index (χ1v) is 4.09. The lowest BCUT2D eigenvalue weighted by atomic mass is 10.2. The van der Waals surface area contributed by atoms with Gasteiger partial charge in [0, 0.05) is 7.05 Å². The van der Waals surface area contributed by atoms with Gasteiger partial charge in [0.15, 0.2) is 0 Å². The second-order valence-corrected chi connectivity index (χ2v) is 2.48. The van der Waals surface area contributed by atoms with Crippen molar-refractivity contribution in [2.24, 2.45) is 4.99 Å². The van der Waals surface area contributed by atoms with Crippen LogP contribution >= 0.6 is 12.2 Å². The van der Waals surface area contributed by atoms with Gasteiger partial charge in [0.2, 0.25) is 0 Å². The van der Waals surface area contributed by atoms with Crippen LogP contribution in [-0.4, -0.2) is 18.1 Å². The largest absolute Gasteiger partial charge is 0.355 e. The molecule has 13 heavy (non-hydrogen) atoms. The molecule has 0 atom stereocenters. The van der Waals surface area contributed by atoms with Gasteiger partial charge in [0.05, 0.1) is 16.4 Å². The van der Waals surface area contributed by atoms with Gasteiger partial charge < -0.3 is 5.32 Å². The summed E-state index contributed by atoms with van der Waals surface area (Å²) in [6.07, 6.45) is 0. The first-order valence-electron chi connectivity index (χ1n) is 3.68. The van der Waals surface area contributed by atoms with Crippen LogP contribution in [0.4, 0.5) is 5.69 Å². The lowest BCUT2D eigenvalue weighted by molar-refractivity contribution is 0.0964. The molecule has 1 N–H and O–H groups in total. The monoisotopic (exact) mass is 192 g/mol. The first-order chi connectivity index (χ1) is 6.29. The number of thiocarbonyl (C=S) groups is 1. The quantitative estimate of drug-likeness (QED) is 0.573. The van der Waals surface area contributed by atoms with Crippen molar-refractivity contribution in [2.75, 3.05) is 7.05 Å². The fraction of sp³-hybridized carbons (Fsp3) is 0.111. The number of amides is 1. The summed E-state index contributed by atoms with van der Waals surface area (Å²) in [7, 11) is 1.57. The minimum absolute atomic E-state index is 0.176. The molecule has 0 fully saturated rings. The molecule has 0 aromatic heterocycles. The van der Waals surface area contributed by atoms with E-state index in [1.165, 1.54) is 0 Å². The van der Waals surface area contributed by atoms with Crippen molar-refractivity contribution in [2.45, 2.75) is 0 Å². The van der Waals surface area contributed by atoms with Gasteiger partial charge in [0.25, 0.3) is 5.91 Å². The smallest absolute Gasteiger partial charge is 0.253 e. The van der Waals surface area contributed by atoms with Gasteiger partial charge in [-0.2, -0.15) is 4.99 Å². The van der Waals surface area contributed by atoms with Crippen molar-refractivity contribution in [3.8, 4) is 0 Å². The molecule has 4 heteroatoms. The maximum atomic E-state index is 11.3. The van der Waals surface area contributed by atoms with Crippen LogP contribution in [0.15, 0.2) is 29.3 Å². The number of nitrogens with one attached hydrogen (secondary N) is 1. The summed E-state index contributed by atoms with van der Waals surface area (Å²) in [5, 5.41) is 4.75. The number of isothiocyanates is 1. The topological polar surface area (TPSA) is 41.5 Å². The van der Waals surface area contributed by atoms with E-state index in [9.17, 15) is 4.79 Å². The van der Waals surface area contributed by atoms with Crippen molar-refractivity contribution in [1.82, 2.24) is 5.32 Å². The number of nitrogens with zero attached hydrogens (tertiary/aromatic N) is 1. The Morgan fingerprint density at radius 3 is 2.85 bits per heavy atom. The summed E-state index contributed by atoms with van der Waals surface area (Å²) < 4.78 is 0. The summed E-state index contributed by atoms with van der Waals surface area (Å²) in [5.74, 6) is -0.176. The van der Waals surface area contributed by atoms with Gasteiger partial charge in [-0.1, -0.05) is 12.1 Å². The second-order valence-electron chi connectivity index (χ2n) is 2.30. The number of para-hydroxylation sites is 1. The molecular formula is C9H8N2OS. The van der Waals surface area contributed by atoms with E-state index in [1.807, 2.05) is 0 Å². The molecule has 66 valence electrons. The fourth-order valence-electron chi connectivity index (χ4n) is 0.947. The average Bonchev–Trinajstić information content (AvgIpc) is 2.18. The van der Waals surface area contributed by atoms with Crippen LogP contribution in [-0.2, 0) is 0 Å². The molecule has 0 spiro atoms. The lowest BCUT2D eigenvalue weighted by Gasteiger charge is -2.01. The molecular weight excluding hydrogens is 184 g/mol. The van der Waals surface area contributed by atoms with Crippen LogP contribution in [0.5, 0.6) is 0 Å². The number of aliphatic imine (C=N–C) groups is 1. The summed E-state index contributed by atoms with van der Waals surface area (Å²) >= 11 is 4.47. The number of carbonyl (C=O) groups excluding carboxylic acids is 1. The molecule has 0 bridgehead atoms. The Kier molecular flexibility index (Phi) is 3.31. The predicted octanol–water partition coefficient (Wildman–Crippen LogP) is 1.78. The van der Waals surface area contributed by atoms with E-state index in [2.05, 4.69) is 27.7 Å². The zero-order valence-corrected chi connectivity index (χ0v) is 7.89. The highest BCUT2D eigenvalue weighted by Gasteiger charge is 2.06. The van der Waals surface area contributed by atoms with Crippen molar-refractivity contribution in [3.05, 3.63) is 29.8 Å². The third-order valence-electron chi connectivity index (χ3n) is 1.54. The molecule has 3 nitrogen and oxygen atoms in total. The van der Waals surface area contributed by atoms with Crippen molar-refractivity contribution >= 4 is 29.0 Å². The first kappa shape index (κ1) is 9.58. The molecule has 0 unspecified atom stereocenters. The number of hydrogen-bond donors (Lipinski definition) is 1. The molecule has 0 saturated carbocycles. The Bertz CT molecular complexity index is 370. The highest BCUT2D eigenvalue weighted by molar-refractivity contribution is 7.78. The third kappa shape index (κ3) is 2.21. The van der Waals surface area contributed by atoms with E-state index in [0.717, 1.165) is 0 Å². The third-order valence-corrected chi connectivity index (χ3v) is 1.63. The zero-order chi connectivity index (χ0) is 9.68. The molecule has 1 rings (SSSR count). The molecule has 0 heterocycles. The lowest BCUT2D eigenvalue weighted by Crippen LogP contribution is -2.17. The van der Waals surface area contributed by atoms with Crippen molar-refractivity contribution in [3.63, 3.8) is 0 Å². The second kappa shape index (κ2) is 4.50. The van der Waals surface area contributed by atoms with E-state index in [4.69, 9.17) is 0 Å². The Morgan fingerprint density at radius 2 is 2.23 bits per heavy atom. The van der Waals surface area contributed by atoms with E-state index in [0.29, 0.717) is 11.3 Å². The molecule has 1 aromatic rings. The summed E-state index contributed by atoms with van der Waals surface area (Å²) in [6.45, 7) is 0. The van der Waals surface area contributed by atoms with E-state index in [1.54, 1.807) is 31.3 Å². The average molecular weight is 192 g/mol. The minimum atomic E-state index is -0.176. The standard InChI is InChI=1S/C9H8N2OS/c1-10-9(12)7-4-2-3-5-8(7)11-6-13/h2-5H,1H3,(H,10,12). The van der Waals surface area contributed by atoms with Crippen molar-refractivity contribution < 1.29 is 4.79 Å². The number of benzene rings is 1. The zero-order valence-electron chi connectivity index (χ0n) is 7.07. The molecule has 0 saturated heterocycles. The maximum absolute atomic E-state index is 11.3. The van der Waals surface area contributed by atoms with E-state index >= 15 is 0 Å². The van der Waals surface area contributed by atoms with Crippen LogP contribution in [0.2, 0.25) is 0 Å². The van der Waals surface area contributed by atoms with Gasteiger partial charge in [-0.3, -0.25) is 4.79 Å². The summed E-state index contributed by atoms with van der Waals surface area (Å²) in [4.78, 5) is 15.1. The molecule has 0 aliphatic rings. The van der Waals surface area contributed by atoms with Crippen LogP contribution in [0.1, 0.15) is 10.4 Å². The molecule has 1 aromatic carbocycles. The predicted molar refractivity (Wildman–Crippen MR) is 54.5 cm³/mol. The number of hydrogen-bond acceptors (Lipinski definition) is 3. The Hall–Kier alpha value is -1.51. The van der Waals surface area contributed by atoms with Gasteiger partial charge >= 0.3 is 0 Å². The number of rotatable bonds is 2. The van der Waals surface area contributed by atoms with Gasteiger partial charge in [-0.25, -0.2) is 0 Å². The van der Waals surface area contributed by atoms with Crippen molar-refractivity contribution in [1.29, 1.82) is 0 Å². The Balaban J connectivity index is 3.18. The van der Waals surface area contributed by atoms with E-state index < -0.39 is 0 Å². The summed E-state index contributed by atoms with van der Waals surface area (Å²) in [6, 6.07) is 6.96. The van der Waals surface area contributed by atoms with E-state index in [-0.39, 0.29) is 5.91 Å². The van der Waals surface area contributed by atoms with Crippen LogP contribution in [0.3, 0.4) is 0 Å². The van der Waals surface area contributed by atoms with Gasteiger partial charge in [0.1, 0.15) is 0 Å². The molecule has 0 radical (unpaired) electrons. The van der Waals surface area contributed by atoms with Gasteiger partial charge in [-0.05, 0) is 24.4 Å². The normalized spacial score (nSPS) is 8.69. The van der Waals surface area contributed by atoms with Crippen LogP contribution < -0.4 is 5.32 Å². The molecule has 0 aliphatic heterocycles. The molecule has 1 amide bonds. The minimum Gasteiger partial charge on any atom is -0.355 e. The Morgan fingerprint density at radius 1 is 1.54 bits per heavy atom.